The molecule has 1 heterocycles. The summed E-state index contributed by atoms with van der Waals surface area (Å²) in [6, 6.07) is 26.0. The standard InChI is InChI=1S/C26H26N4O2/c31-26(25-23-14-13-20-10-4-5-12-22(20)24(23)28-29-25)30-27-16-19-9-6-11-21(15-19)32-17-18-7-2-1-3-8-18/h1-12,15-16,23-25,28-29H,13-14,17H2,(H,30,31)/b27-16+. The number of hydrogen-bond donors (Lipinski definition) is 3. The second kappa shape index (κ2) is 9.34. The van der Waals surface area contributed by atoms with Crippen LogP contribution >= 0.6 is 0 Å². The third-order valence-corrected chi connectivity index (χ3v) is 6.17. The number of aryl methyl sites for hydroxylation is 1. The molecule has 0 radical (unpaired) electrons. The van der Waals surface area contributed by atoms with Crippen molar-refractivity contribution in [3.63, 3.8) is 0 Å². The van der Waals surface area contributed by atoms with Crippen molar-refractivity contribution in [3.8, 4) is 5.75 Å². The first-order valence-corrected chi connectivity index (χ1v) is 11.0. The monoisotopic (exact) mass is 426 g/mol. The van der Waals surface area contributed by atoms with E-state index >= 15 is 0 Å². The van der Waals surface area contributed by atoms with E-state index in [9.17, 15) is 4.79 Å². The number of carbonyl (C=O) groups is 1. The molecule has 3 aromatic rings. The molecule has 3 atom stereocenters. The van der Waals surface area contributed by atoms with Gasteiger partial charge >= 0.3 is 0 Å². The lowest BCUT2D eigenvalue weighted by molar-refractivity contribution is -0.123. The highest BCUT2D eigenvalue weighted by molar-refractivity contribution is 5.85. The summed E-state index contributed by atoms with van der Waals surface area (Å²) in [4.78, 5) is 12.8. The first-order valence-electron chi connectivity index (χ1n) is 11.0. The molecule has 0 saturated carbocycles. The van der Waals surface area contributed by atoms with Crippen LogP contribution in [0.25, 0.3) is 0 Å². The Balaban J connectivity index is 1.17. The average Bonchev–Trinajstić information content (AvgIpc) is 3.29. The maximum absolute atomic E-state index is 12.8. The van der Waals surface area contributed by atoms with Crippen LogP contribution in [0.15, 0.2) is 84.0 Å². The van der Waals surface area contributed by atoms with Gasteiger partial charge in [-0.1, -0.05) is 66.7 Å². The summed E-state index contributed by atoms with van der Waals surface area (Å²) < 4.78 is 5.86. The number of ether oxygens (including phenoxy) is 1. The van der Waals surface area contributed by atoms with Crippen molar-refractivity contribution < 1.29 is 9.53 Å². The fourth-order valence-corrected chi connectivity index (χ4v) is 4.54. The van der Waals surface area contributed by atoms with E-state index < -0.39 is 0 Å². The second-order valence-electron chi connectivity index (χ2n) is 8.23. The highest BCUT2D eigenvalue weighted by Gasteiger charge is 2.43. The van der Waals surface area contributed by atoms with Gasteiger partial charge in [0.05, 0.1) is 12.3 Å². The molecule has 1 fully saturated rings. The lowest BCUT2D eigenvalue weighted by Gasteiger charge is -2.29. The Bertz CT molecular complexity index is 1120. The van der Waals surface area contributed by atoms with Crippen LogP contribution < -0.4 is 21.0 Å². The van der Waals surface area contributed by atoms with Crippen LogP contribution in [-0.2, 0) is 17.8 Å². The van der Waals surface area contributed by atoms with Gasteiger partial charge in [0.15, 0.2) is 0 Å². The molecule has 3 unspecified atom stereocenters. The van der Waals surface area contributed by atoms with E-state index in [4.69, 9.17) is 4.74 Å². The largest absolute Gasteiger partial charge is 0.489 e. The topological polar surface area (TPSA) is 74.8 Å². The lowest BCUT2D eigenvalue weighted by atomic mass is 9.77. The minimum Gasteiger partial charge on any atom is -0.489 e. The summed E-state index contributed by atoms with van der Waals surface area (Å²) in [5, 5.41) is 4.18. The molecule has 6 nitrogen and oxygen atoms in total. The van der Waals surface area contributed by atoms with Gasteiger partial charge in [-0.15, -0.1) is 0 Å². The molecule has 3 N–H and O–H groups in total. The summed E-state index contributed by atoms with van der Waals surface area (Å²) in [6.45, 7) is 0.504. The Morgan fingerprint density at radius 1 is 1.03 bits per heavy atom. The van der Waals surface area contributed by atoms with Gasteiger partial charge in [-0.2, -0.15) is 5.10 Å². The van der Waals surface area contributed by atoms with Gasteiger partial charge < -0.3 is 4.74 Å². The van der Waals surface area contributed by atoms with E-state index in [1.54, 1.807) is 6.21 Å². The van der Waals surface area contributed by atoms with Crippen LogP contribution in [0.3, 0.4) is 0 Å². The van der Waals surface area contributed by atoms with Crippen LogP contribution in [0.5, 0.6) is 5.75 Å². The average molecular weight is 427 g/mol. The first-order chi connectivity index (χ1) is 15.8. The van der Waals surface area contributed by atoms with Crippen molar-refractivity contribution in [3.05, 3.63) is 101 Å². The van der Waals surface area contributed by atoms with Gasteiger partial charge in [-0.05, 0) is 47.2 Å². The van der Waals surface area contributed by atoms with Crippen LogP contribution in [0, 0.1) is 5.92 Å². The van der Waals surface area contributed by atoms with Crippen molar-refractivity contribution >= 4 is 12.1 Å². The maximum Gasteiger partial charge on any atom is 0.258 e. The number of rotatable bonds is 6. The Morgan fingerprint density at radius 3 is 2.78 bits per heavy atom. The molecule has 1 aliphatic carbocycles. The third-order valence-electron chi connectivity index (χ3n) is 6.17. The van der Waals surface area contributed by atoms with Crippen LogP contribution in [0.1, 0.15) is 34.7 Å². The van der Waals surface area contributed by atoms with Crippen molar-refractivity contribution in [2.75, 3.05) is 0 Å². The number of nitrogens with one attached hydrogen (secondary N) is 3. The van der Waals surface area contributed by atoms with Gasteiger partial charge in [-0.3, -0.25) is 4.79 Å². The minimum atomic E-state index is -0.314. The smallest absolute Gasteiger partial charge is 0.258 e. The quantitative estimate of drug-likeness (QED) is 0.417. The number of fused-ring (bicyclic) bond motifs is 3. The Hall–Kier alpha value is -3.48. The van der Waals surface area contributed by atoms with Crippen molar-refractivity contribution in [2.45, 2.75) is 31.5 Å². The van der Waals surface area contributed by atoms with Gasteiger partial charge in [0.2, 0.25) is 0 Å². The minimum absolute atomic E-state index is 0.128. The summed E-state index contributed by atoms with van der Waals surface area (Å²) in [7, 11) is 0. The molecular formula is C26H26N4O2. The second-order valence-corrected chi connectivity index (χ2v) is 8.23. The van der Waals surface area contributed by atoms with E-state index in [2.05, 4.69) is 45.6 Å². The van der Waals surface area contributed by atoms with Crippen molar-refractivity contribution in [1.29, 1.82) is 0 Å². The SMILES string of the molecule is O=C(N/N=C/c1cccc(OCc2ccccc2)c1)C1NNC2c3ccccc3CCC12. The number of hydrazone groups is 1. The molecule has 5 rings (SSSR count). The zero-order valence-electron chi connectivity index (χ0n) is 17.7. The van der Waals surface area contributed by atoms with E-state index in [-0.39, 0.29) is 23.9 Å². The first kappa shape index (κ1) is 20.4. The molecule has 2 aliphatic rings. The zero-order valence-corrected chi connectivity index (χ0v) is 17.7. The molecule has 0 aromatic heterocycles. The van der Waals surface area contributed by atoms with E-state index in [0.717, 1.165) is 29.7 Å². The molecule has 1 amide bonds. The molecule has 0 spiro atoms. The highest BCUT2D eigenvalue weighted by atomic mass is 16.5. The number of hydrogen-bond acceptors (Lipinski definition) is 5. The molecule has 1 saturated heterocycles. The molecule has 0 bridgehead atoms. The Kier molecular flexibility index (Phi) is 5.96. The number of nitrogens with zero attached hydrogens (tertiary/aromatic N) is 1. The molecule has 162 valence electrons. The summed E-state index contributed by atoms with van der Waals surface area (Å²) in [6.07, 6.45) is 3.59. The van der Waals surface area contributed by atoms with Gasteiger partial charge in [0.25, 0.3) is 5.91 Å². The van der Waals surface area contributed by atoms with Crippen LogP contribution in [-0.4, -0.2) is 18.2 Å². The van der Waals surface area contributed by atoms with Crippen LogP contribution in [0.4, 0.5) is 0 Å². The van der Waals surface area contributed by atoms with Crippen LogP contribution in [0.2, 0.25) is 0 Å². The number of hydrazine groups is 1. The predicted octanol–water partition coefficient (Wildman–Crippen LogP) is 3.50. The predicted molar refractivity (Wildman–Crippen MR) is 124 cm³/mol. The van der Waals surface area contributed by atoms with Crippen molar-refractivity contribution in [1.82, 2.24) is 16.3 Å². The normalized spacial score (nSPS) is 21.7. The van der Waals surface area contributed by atoms with Gasteiger partial charge in [0, 0.05) is 5.92 Å². The molecule has 6 heteroatoms. The van der Waals surface area contributed by atoms with E-state index in [1.165, 1.54) is 11.1 Å². The summed E-state index contributed by atoms with van der Waals surface area (Å²) in [5.41, 5.74) is 13.8. The maximum atomic E-state index is 12.8. The summed E-state index contributed by atoms with van der Waals surface area (Å²) >= 11 is 0. The lowest BCUT2D eigenvalue weighted by Crippen LogP contribution is -2.44. The van der Waals surface area contributed by atoms with Crippen molar-refractivity contribution in [2.24, 2.45) is 11.0 Å². The molecule has 3 aromatic carbocycles. The third kappa shape index (κ3) is 4.42. The molecule has 1 aliphatic heterocycles. The number of amides is 1. The fraction of sp³-hybridized carbons (Fsp3) is 0.231. The Morgan fingerprint density at radius 2 is 1.88 bits per heavy atom. The van der Waals surface area contributed by atoms with Gasteiger partial charge in [-0.25, -0.2) is 16.3 Å². The van der Waals surface area contributed by atoms with E-state index in [1.807, 2.05) is 54.6 Å². The number of benzene rings is 3. The van der Waals surface area contributed by atoms with E-state index in [0.29, 0.717) is 6.61 Å². The summed E-state index contributed by atoms with van der Waals surface area (Å²) in [5.74, 6) is 0.835. The number of carbonyl (C=O) groups excluding carboxylic acids is 1. The zero-order chi connectivity index (χ0) is 21.8. The fourth-order valence-electron chi connectivity index (χ4n) is 4.54. The molecular weight excluding hydrogens is 400 g/mol. The highest BCUT2D eigenvalue weighted by Crippen LogP contribution is 2.38. The molecule has 32 heavy (non-hydrogen) atoms. The Labute approximate surface area is 187 Å². The van der Waals surface area contributed by atoms with Gasteiger partial charge in [0.1, 0.15) is 18.4 Å².